The molecule has 0 bridgehead atoms. The second kappa shape index (κ2) is 11.1. The highest BCUT2D eigenvalue weighted by atomic mass is 19.1. The molecule has 6 rings (SSSR count). The van der Waals surface area contributed by atoms with Crippen molar-refractivity contribution in [3.63, 3.8) is 0 Å². The van der Waals surface area contributed by atoms with Crippen LogP contribution in [0.1, 0.15) is 11.5 Å². The number of anilines is 3. The molecule has 2 aromatic rings. The molecule has 2 aromatic carbocycles. The summed E-state index contributed by atoms with van der Waals surface area (Å²) in [5.41, 5.74) is 3.68. The quantitative estimate of drug-likeness (QED) is 0.495. The summed E-state index contributed by atoms with van der Waals surface area (Å²) in [6, 6.07) is 12.5. The smallest absolute Gasteiger partial charge is 0.414 e. The summed E-state index contributed by atoms with van der Waals surface area (Å²) in [6.45, 7) is 2.88. The lowest BCUT2D eigenvalue weighted by atomic mass is 9.95. The second-order valence-electron chi connectivity index (χ2n) is 10.4. The van der Waals surface area contributed by atoms with Gasteiger partial charge in [-0.3, -0.25) is 14.6 Å². The van der Waals surface area contributed by atoms with E-state index in [1.807, 2.05) is 35.2 Å². The van der Waals surface area contributed by atoms with Gasteiger partial charge in [0.2, 0.25) is 5.91 Å². The third-order valence-corrected chi connectivity index (χ3v) is 7.84. The number of rotatable bonds is 6. The van der Waals surface area contributed by atoms with Crippen LogP contribution in [0.2, 0.25) is 0 Å². The van der Waals surface area contributed by atoms with Crippen molar-refractivity contribution in [2.45, 2.75) is 18.1 Å². The number of amides is 3. The number of ether oxygens (including phenoxy) is 1. The van der Waals surface area contributed by atoms with Crippen molar-refractivity contribution in [1.29, 1.82) is 0 Å². The van der Waals surface area contributed by atoms with E-state index < -0.39 is 24.1 Å². The van der Waals surface area contributed by atoms with Crippen LogP contribution in [0.3, 0.4) is 0 Å². The lowest BCUT2D eigenvalue weighted by Crippen LogP contribution is -2.49. The molecule has 3 amide bonds. The number of fused-ring (bicyclic) bond motifs is 1. The predicted molar refractivity (Wildman–Crippen MR) is 152 cm³/mol. The molecule has 0 aromatic heterocycles. The monoisotopic (exact) mass is 559 g/mol. The molecule has 2 unspecified atom stereocenters. The number of carbonyl (C=O) groups is 3. The van der Waals surface area contributed by atoms with Gasteiger partial charge in [0.25, 0.3) is 0 Å². The largest absolute Gasteiger partial charge is 0.465 e. The number of para-hydroxylation sites is 1. The van der Waals surface area contributed by atoms with Crippen LogP contribution in [0.25, 0.3) is 0 Å². The summed E-state index contributed by atoms with van der Waals surface area (Å²) in [5.74, 6) is -0.749. The van der Waals surface area contributed by atoms with Crippen molar-refractivity contribution in [3.05, 3.63) is 89.8 Å². The number of carboxylic acid groups (broad SMARTS) is 1. The Hall–Kier alpha value is -4.64. The first-order valence-electron chi connectivity index (χ1n) is 13.6. The van der Waals surface area contributed by atoms with Gasteiger partial charge in [0.1, 0.15) is 11.9 Å². The van der Waals surface area contributed by atoms with Crippen molar-refractivity contribution in [3.8, 4) is 0 Å². The summed E-state index contributed by atoms with van der Waals surface area (Å²) < 4.78 is 20.4. The van der Waals surface area contributed by atoms with Crippen LogP contribution >= 0.6 is 0 Å². The molecule has 3 heterocycles. The highest BCUT2D eigenvalue weighted by molar-refractivity contribution is 6.04. The third kappa shape index (κ3) is 5.53. The molecule has 3 N–H and O–H groups in total. The number of nitrogens with one attached hydrogen (secondary N) is 2. The van der Waals surface area contributed by atoms with Crippen molar-refractivity contribution in [2.75, 3.05) is 54.4 Å². The topological polar surface area (TPSA) is 114 Å². The van der Waals surface area contributed by atoms with E-state index in [0.29, 0.717) is 24.5 Å². The molecule has 4 aliphatic rings. The zero-order valence-electron chi connectivity index (χ0n) is 22.2. The van der Waals surface area contributed by atoms with Crippen molar-refractivity contribution in [2.24, 2.45) is 0 Å². The number of carbonyl (C=O) groups excluding carboxylic acids is 2. The number of allylic oxidation sites excluding steroid dienone is 3. The number of cyclic esters (lactones) is 1. The molecule has 1 aliphatic carbocycles. The summed E-state index contributed by atoms with van der Waals surface area (Å²) in [6.07, 6.45) is 7.88. The van der Waals surface area contributed by atoms with Crippen LogP contribution in [-0.2, 0) is 9.53 Å². The minimum Gasteiger partial charge on any atom is -0.465 e. The van der Waals surface area contributed by atoms with Gasteiger partial charge in [-0.1, -0.05) is 48.6 Å². The Morgan fingerprint density at radius 1 is 1.10 bits per heavy atom. The van der Waals surface area contributed by atoms with Gasteiger partial charge < -0.3 is 25.4 Å². The molecule has 10 nitrogen and oxygen atoms in total. The van der Waals surface area contributed by atoms with E-state index in [4.69, 9.17) is 9.84 Å². The Bertz CT molecular complexity index is 1450. The van der Waals surface area contributed by atoms with E-state index in [1.165, 1.54) is 11.0 Å². The number of benzene rings is 2. The minimum atomic E-state index is -1.20. The predicted octanol–water partition coefficient (Wildman–Crippen LogP) is 3.70. The van der Waals surface area contributed by atoms with E-state index in [2.05, 4.69) is 39.8 Å². The summed E-state index contributed by atoms with van der Waals surface area (Å²) in [7, 11) is 0. The standard InChI is InChI=1S/C30H30FN5O5/c31-25-16-21(36-18-22(41-30(36)40)17-32-29(38)39)9-10-27(25)35-13-11-34(12-14-35)20-7-5-19(6-8-20)15-24-23-3-1-2-4-26(23)33-28(24)37/h1-10,15-16,20,22,24,32H,11-14,17-18H2,(H,33,37)(H,38,39). The molecule has 2 saturated heterocycles. The normalized spacial score (nSPS) is 23.8. The van der Waals surface area contributed by atoms with Crippen LogP contribution in [0, 0.1) is 5.82 Å². The van der Waals surface area contributed by atoms with Crippen LogP contribution in [-0.4, -0.2) is 79.5 Å². The molecule has 2 fully saturated rings. The maximum Gasteiger partial charge on any atom is 0.414 e. The maximum absolute atomic E-state index is 15.2. The average Bonchev–Trinajstić information content (AvgIpc) is 3.51. The highest BCUT2D eigenvalue weighted by Crippen LogP contribution is 2.34. The van der Waals surface area contributed by atoms with Gasteiger partial charge in [0.15, 0.2) is 0 Å². The molecule has 3 aliphatic heterocycles. The number of halogens is 1. The Kier molecular flexibility index (Phi) is 7.19. The van der Waals surface area contributed by atoms with E-state index in [0.717, 1.165) is 29.9 Å². The lowest BCUT2D eigenvalue weighted by Gasteiger charge is -2.39. The number of hydrogen-bond donors (Lipinski definition) is 3. The first-order valence-corrected chi connectivity index (χ1v) is 13.6. The Morgan fingerprint density at radius 2 is 1.85 bits per heavy atom. The lowest BCUT2D eigenvalue weighted by molar-refractivity contribution is -0.116. The molecule has 0 saturated carbocycles. The summed E-state index contributed by atoms with van der Waals surface area (Å²) in [4.78, 5) is 41.0. The molecular weight excluding hydrogens is 529 g/mol. The fraction of sp³-hybridized carbons (Fsp3) is 0.300. The third-order valence-electron chi connectivity index (χ3n) is 7.84. The van der Waals surface area contributed by atoms with Gasteiger partial charge in [-0.25, -0.2) is 14.0 Å². The van der Waals surface area contributed by atoms with Crippen LogP contribution in [0.15, 0.2) is 78.4 Å². The first-order chi connectivity index (χ1) is 19.9. The zero-order valence-corrected chi connectivity index (χ0v) is 22.2. The van der Waals surface area contributed by atoms with Gasteiger partial charge in [0.05, 0.1) is 30.4 Å². The molecule has 0 radical (unpaired) electrons. The average molecular weight is 560 g/mol. The fourth-order valence-corrected chi connectivity index (χ4v) is 5.71. The Labute approximate surface area is 236 Å². The van der Waals surface area contributed by atoms with Gasteiger partial charge in [-0.15, -0.1) is 0 Å². The van der Waals surface area contributed by atoms with Crippen molar-refractivity contribution < 1.29 is 28.6 Å². The van der Waals surface area contributed by atoms with Gasteiger partial charge in [-0.05, 0) is 35.4 Å². The molecule has 11 heteroatoms. The number of nitrogens with zero attached hydrogens (tertiary/aromatic N) is 3. The van der Waals surface area contributed by atoms with Crippen LogP contribution < -0.4 is 20.4 Å². The van der Waals surface area contributed by atoms with Crippen molar-refractivity contribution in [1.82, 2.24) is 10.2 Å². The Morgan fingerprint density at radius 3 is 2.59 bits per heavy atom. The van der Waals surface area contributed by atoms with E-state index in [9.17, 15) is 14.4 Å². The molecule has 212 valence electrons. The first kappa shape index (κ1) is 26.6. The summed E-state index contributed by atoms with van der Waals surface area (Å²) in [5, 5.41) is 13.9. The second-order valence-corrected chi connectivity index (χ2v) is 10.4. The molecule has 41 heavy (non-hydrogen) atoms. The maximum atomic E-state index is 15.2. The molecule has 2 atom stereocenters. The zero-order chi connectivity index (χ0) is 28.5. The van der Waals surface area contributed by atoms with E-state index in [-0.39, 0.29) is 31.0 Å². The summed E-state index contributed by atoms with van der Waals surface area (Å²) >= 11 is 0. The fourth-order valence-electron chi connectivity index (χ4n) is 5.71. The van der Waals surface area contributed by atoms with Gasteiger partial charge >= 0.3 is 12.2 Å². The highest BCUT2D eigenvalue weighted by Gasteiger charge is 2.33. The minimum absolute atomic E-state index is 0.0170. The SMILES string of the molecule is O=C(O)NCC1CN(c2ccc(N3CCN(C4C=CC(=CC5C(=O)Nc6ccccc65)C=C4)CC3)c(F)c2)C(=O)O1. The molecular formula is C30H30FN5O5. The number of piperazine rings is 1. The van der Waals surface area contributed by atoms with Crippen LogP contribution in [0.5, 0.6) is 0 Å². The molecule has 0 spiro atoms. The number of hydrogen-bond acceptors (Lipinski definition) is 6. The van der Waals surface area contributed by atoms with E-state index >= 15 is 4.39 Å². The van der Waals surface area contributed by atoms with Crippen molar-refractivity contribution >= 4 is 35.2 Å². The van der Waals surface area contributed by atoms with Gasteiger partial charge in [0, 0.05) is 37.9 Å². The Balaban J connectivity index is 1.04. The van der Waals surface area contributed by atoms with E-state index in [1.54, 1.807) is 12.1 Å². The van der Waals surface area contributed by atoms with Crippen LogP contribution in [0.4, 0.5) is 31.0 Å². The van der Waals surface area contributed by atoms with Gasteiger partial charge in [-0.2, -0.15) is 0 Å².